The van der Waals surface area contributed by atoms with Crippen LogP contribution in [0.25, 0.3) is 0 Å². The fourth-order valence-electron chi connectivity index (χ4n) is 2.66. The Bertz CT molecular complexity index is 540. The Morgan fingerprint density at radius 1 is 1.05 bits per heavy atom. The first-order valence-electron chi connectivity index (χ1n) is 6.09. The fraction of sp³-hybridized carbons (Fsp3) is 0.286. The Kier molecular flexibility index (Phi) is 2.83. The molecule has 0 saturated carbocycles. The molecule has 0 unspecified atom stereocenters. The Labute approximate surface area is 109 Å². The van der Waals surface area contributed by atoms with Crippen molar-refractivity contribution >= 4 is 17.6 Å². The molecule has 0 aromatic heterocycles. The van der Waals surface area contributed by atoms with Crippen molar-refractivity contribution in [3.63, 3.8) is 0 Å². The molecule has 0 aliphatic carbocycles. The fourth-order valence-corrected chi connectivity index (χ4v) is 2.66. The van der Waals surface area contributed by atoms with Gasteiger partial charge in [0.15, 0.2) is 0 Å². The molecule has 1 fully saturated rings. The number of carboxylic acids is 1. The summed E-state index contributed by atoms with van der Waals surface area (Å²) in [6.07, 6.45) is 2.55. The third kappa shape index (κ3) is 2.02. The summed E-state index contributed by atoms with van der Waals surface area (Å²) in [5.41, 5.74) is 0.656. The SMILES string of the molecule is O=C(O)[C@@H]1[C@H](C(=O)Nc2ccccc2)[C@@H]2C=C[C@@H]1O2. The summed E-state index contributed by atoms with van der Waals surface area (Å²) < 4.78 is 5.46. The molecule has 5 heteroatoms. The topological polar surface area (TPSA) is 75.6 Å². The summed E-state index contributed by atoms with van der Waals surface area (Å²) in [6, 6.07) is 8.98. The van der Waals surface area contributed by atoms with Gasteiger partial charge >= 0.3 is 5.97 Å². The van der Waals surface area contributed by atoms with Crippen LogP contribution in [0.3, 0.4) is 0 Å². The van der Waals surface area contributed by atoms with Gasteiger partial charge in [0, 0.05) is 5.69 Å². The zero-order valence-electron chi connectivity index (χ0n) is 10.0. The van der Waals surface area contributed by atoms with E-state index in [4.69, 9.17) is 4.74 Å². The van der Waals surface area contributed by atoms with Gasteiger partial charge < -0.3 is 15.2 Å². The van der Waals surface area contributed by atoms with Gasteiger partial charge in [-0.05, 0) is 12.1 Å². The second-order valence-corrected chi connectivity index (χ2v) is 4.70. The van der Waals surface area contributed by atoms with Crippen LogP contribution in [0.2, 0.25) is 0 Å². The van der Waals surface area contributed by atoms with E-state index in [9.17, 15) is 14.7 Å². The minimum absolute atomic E-state index is 0.310. The zero-order chi connectivity index (χ0) is 13.4. The van der Waals surface area contributed by atoms with Gasteiger partial charge in [0.25, 0.3) is 0 Å². The lowest BCUT2D eigenvalue weighted by atomic mass is 9.82. The van der Waals surface area contributed by atoms with Crippen LogP contribution in [-0.2, 0) is 14.3 Å². The molecule has 3 rings (SSSR count). The van der Waals surface area contributed by atoms with E-state index in [0.717, 1.165) is 0 Å². The minimum Gasteiger partial charge on any atom is -0.481 e. The number of para-hydroxylation sites is 1. The standard InChI is InChI=1S/C14H13NO4/c16-13(15-8-4-2-1-3-5-8)11-9-6-7-10(19-9)12(11)14(17)18/h1-7,9-12H,(H,15,16)(H,17,18)/t9-,10-,11+,12-/m0/s1. The number of anilines is 1. The molecule has 19 heavy (non-hydrogen) atoms. The van der Waals surface area contributed by atoms with E-state index in [1.165, 1.54) is 0 Å². The van der Waals surface area contributed by atoms with Gasteiger partial charge in [-0.15, -0.1) is 0 Å². The number of benzene rings is 1. The molecule has 1 amide bonds. The number of carbonyl (C=O) groups excluding carboxylic acids is 1. The van der Waals surface area contributed by atoms with Gasteiger partial charge in [0.1, 0.15) is 5.92 Å². The molecule has 1 aromatic rings. The lowest BCUT2D eigenvalue weighted by Crippen LogP contribution is -2.39. The maximum atomic E-state index is 12.2. The highest BCUT2D eigenvalue weighted by Gasteiger charge is 2.53. The normalized spacial score (nSPS) is 31.4. The quantitative estimate of drug-likeness (QED) is 0.802. The van der Waals surface area contributed by atoms with E-state index in [-0.39, 0.29) is 5.91 Å². The highest BCUT2D eigenvalue weighted by Crippen LogP contribution is 2.39. The van der Waals surface area contributed by atoms with Crippen LogP contribution < -0.4 is 5.32 Å². The molecule has 2 N–H and O–H groups in total. The average Bonchev–Trinajstić information content (AvgIpc) is 2.99. The number of fused-ring (bicyclic) bond motifs is 2. The zero-order valence-corrected chi connectivity index (χ0v) is 10.0. The molecule has 5 nitrogen and oxygen atoms in total. The number of ether oxygens (including phenoxy) is 1. The van der Waals surface area contributed by atoms with Gasteiger partial charge in [-0.25, -0.2) is 0 Å². The first kappa shape index (κ1) is 11.9. The van der Waals surface area contributed by atoms with Gasteiger partial charge in [-0.2, -0.15) is 0 Å². The predicted octanol–water partition coefficient (Wildman–Crippen LogP) is 1.28. The lowest BCUT2D eigenvalue weighted by Gasteiger charge is -2.20. The monoisotopic (exact) mass is 259 g/mol. The number of rotatable bonds is 3. The smallest absolute Gasteiger partial charge is 0.310 e. The minimum atomic E-state index is -0.995. The predicted molar refractivity (Wildman–Crippen MR) is 67.5 cm³/mol. The Hall–Kier alpha value is -2.14. The molecule has 1 saturated heterocycles. The van der Waals surface area contributed by atoms with E-state index in [1.54, 1.807) is 24.3 Å². The molecule has 0 spiro atoms. The van der Waals surface area contributed by atoms with Crippen molar-refractivity contribution in [2.75, 3.05) is 5.32 Å². The van der Waals surface area contributed by atoms with E-state index < -0.39 is 30.0 Å². The lowest BCUT2D eigenvalue weighted by molar-refractivity contribution is -0.145. The Morgan fingerprint density at radius 3 is 2.32 bits per heavy atom. The van der Waals surface area contributed by atoms with E-state index in [0.29, 0.717) is 5.69 Å². The van der Waals surface area contributed by atoms with E-state index in [1.807, 2.05) is 18.2 Å². The Morgan fingerprint density at radius 2 is 1.68 bits per heavy atom. The van der Waals surface area contributed by atoms with Crippen LogP contribution >= 0.6 is 0 Å². The molecule has 2 bridgehead atoms. The highest BCUT2D eigenvalue weighted by atomic mass is 16.5. The van der Waals surface area contributed by atoms with Crippen LogP contribution in [-0.4, -0.2) is 29.2 Å². The number of nitrogens with one attached hydrogen (secondary N) is 1. The number of aliphatic carboxylic acids is 1. The molecule has 4 atom stereocenters. The summed E-state index contributed by atoms with van der Waals surface area (Å²) >= 11 is 0. The number of carbonyl (C=O) groups is 2. The molecular formula is C14H13NO4. The highest BCUT2D eigenvalue weighted by molar-refractivity contribution is 5.96. The van der Waals surface area contributed by atoms with E-state index >= 15 is 0 Å². The summed E-state index contributed by atoms with van der Waals surface area (Å²) in [4.78, 5) is 23.5. The summed E-state index contributed by atoms with van der Waals surface area (Å²) in [6.45, 7) is 0. The maximum absolute atomic E-state index is 12.2. The number of hydrogen-bond acceptors (Lipinski definition) is 3. The van der Waals surface area contributed by atoms with Crippen molar-refractivity contribution in [3.8, 4) is 0 Å². The first-order chi connectivity index (χ1) is 9.16. The first-order valence-corrected chi connectivity index (χ1v) is 6.09. The second-order valence-electron chi connectivity index (χ2n) is 4.70. The molecule has 1 aromatic carbocycles. The maximum Gasteiger partial charge on any atom is 0.310 e. The molecule has 0 radical (unpaired) electrons. The van der Waals surface area contributed by atoms with Gasteiger partial charge in [0.2, 0.25) is 5.91 Å². The van der Waals surface area contributed by atoms with Crippen molar-refractivity contribution in [1.82, 2.24) is 0 Å². The van der Waals surface area contributed by atoms with Gasteiger partial charge in [-0.3, -0.25) is 9.59 Å². The van der Waals surface area contributed by atoms with Crippen LogP contribution in [0, 0.1) is 11.8 Å². The van der Waals surface area contributed by atoms with E-state index in [2.05, 4.69) is 5.32 Å². The van der Waals surface area contributed by atoms with Crippen molar-refractivity contribution in [2.45, 2.75) is 12.2 Å². The third-order valence-electron chi connectivity index (χ3n) is 3.53. The summed E-state index contributed by atoms with van der Waals surface area (Å²) in [5, 5.41) is 12.0. The largest absolute Gasteiger partial charge is 0.481 e. The average molecular weight is 259 g/mol. The van der Waals surface area contributed by atoms with Crippen molar-refractivity contribution in [2.24, 2.45) is 11.8 Å². The van der Waals surface area contributed by atoms with Gasteiger partial charge in [0.05, 0.1) is 18.1 Å². The molecular weight excluding hydrogens is 246 g/mol. The Balaban J connectivity index is 1.79. The number of hydrogen-bond donors (Lipinski definition) is 2. The molecule has 98 valence electrons. The number of amides is 1. The van der Waals surface area contributed by atoms with Crippen LogP contribution in [0.5, 0.6) is 0 Å². The van der Waals surface area contributed by atoms with Crippen LogP contribution in [0.1, 0.15) is 0 Å². The molecule has 2 aliphatic heterocycles. The second kappa shape index (κ2) is 4.51. The number of carboxylic acid groups (broad SMARTS) is 1. The molecule has 2 aliphatic rings. The van der Waals surface area contributed by atoms with Crippen molar-refractivity contribution in [1.29, 1.82) is 0 Å². The van der Waals surface area contributed by atoms with Crippen molar-refractivity contribution in [3.05, 3.63) is 42.5 Å². The summed E-state index contributed by atoms with van der Waals surface area (Å²) in [5.74, 6) is -2.79. The molecule has 2 heterocycles. The van der Waals surface area contributed by atoms with Crippen LogP contribution in [0.15, 0.2) is 42.5 Å². The van der Waals surface area contributed by atoms with Crippen molar-refractivity contribution < 1.29 is 19.4 Å². The third-order valence-corrected chi connectivity index (χ3v) is 3.53. The van der Waals surface area contributed by atoms with Crippen LogP contribution in [0.4, 0.5) is 5.69 Å². The van der Waals surface area contributed by atoms with Gasteiger partial charge in [-0.1, -0.05) is 30.4 Å². The summed E-state index contributed by atoms with van der Waals surface area (Å²) in [7, 11) is 0.